The average molecular weight is 645 g/mol. The van der Waals surface area contributed by atoms with Crippen molar-refractivity contribution >= 4 is 50.7 Å². The molecular formula is C33H39Cl2N3O4S. The van der Waals surface area contributed by atoms with Crippen LogP contribution in [0.4, 0.5) is 5.69 Å². The van der Waals surface area contributed by atoms with Crippen molar-refractivity contribution in [2.75, 3.05) is 10.8 Å². The van der Waals surface area contributed by atoms with Gasteiger partial charge in [0.05, 0.1) is 10.6 Å². The SMILES string of the molecule is CC[C@H](C(=O)NC1CCCC1)N(Cc1ccc(Cl)cc1Cl)C(=O)CN(c1cccc(C)c1C)S(=O)(=O)c1ccc(C)cc1. The lowest BCUT2D eigenvalue weighted by atomic mass is 10.1. The normalized spacial score (nSPS) is 14.4. The summed E-state index contributed by atoms with van der Waals surface area (Å²) in [5.74, 6) is -0.774. The van der Waals surface area contributed by atoms with Crippen molar-refractivity contribution in [2.45, 2.75) is 83.3 Å². The fraction of sp³-hybridized carbons (Fsp3) is 0.394. The zero-order valence-corrected chi connectivity index (χ0v) is 27.4. The van der Waals surface area contributed by atoms with Gasteiger partial charge in [0, 0.05) is 22.6 Å². The molecule has 0 aliphatic heterocycles. The van der Waals surface area contributed by atoms with Crippen LogP contribution in [0.1, 0.15) is 61.3 Å². The van der Waals surface area contributed by atoms with Gasteiger partial charge in [-0.1, -0.05) is 78.9 Å². The quantitative estimate of drug-likeness (QED) is 0.244. The van der Waals surface area contributed by atoms with Crippen LogP contribution in [0.5, 0.6) is 0 Å². The van der Waals surface area contributed by atoms with Gasteiger partial charge in [0.2, 0.25) is 11.8 Å². The molecule has 0 bridgehead atoms. The van der Waals surface area contributed by atoms with E-state index in [0.717, 1.165) is 46.7 Å². The molecule has 2 amide bonds. The van der Waals surface area contributed by atoms with Gasteiger partial charge >= 0.3 is 0 Å². The maximum absolute atomic E-state index is 14.4. The minimum atomic E-state index is -4.15. The second kappa shape index (κ2) is 14.1. The van der Waals surface area contributed by atoms with Crippen LogP contribution < -0.4 is 9.62 Å². The van der Waals surface area contributed by atoms with Crippen molar-refractivity contribution in [1.29, 1.82) is 0 Å². The Morgan fingerprint density at radius 3 is 2.28 bits per heavy atom. The Labute approximate surface area is 265 Å². The van der Waals surface area contributed by atoms with Gasteiger partial charge in [-0.15, -0.1) is 0 Å². The number of sulfonamides is 1. The van der Waals surface area contributed by atoms with Crippen LogP contribution in [0.2, 0.25) is 10.0 Å². The van der Waals surface area contributed by atoms with E-state index in [1.54, 1.807) is 54.6 Å². The van der Waals surface area contributed by atoms with Gasteiger partial charge in [-0.25, -0.2) is 8.42 Å². The number of anilines is 1. The number of nitrogens with one attached hydrogen (secondary N) is 1. The van der Waals surface area contributed by atoms with Crippen LogP contribution >= 0.6 is 23.2 Å². The zero-order valence-electron chi connectivity index (χ0n) is 25.1. The van der Waals surface area contributed by atoms with E-state index in [4.69, 9.17) is 23.2 Å². The van der Waals surface area contributed by atoms with Crippen LogP contribution in [0.15, 0.2) is 65.6 Å². The van der Waals surface area contributed by atoms with Crippen molar-refractivity contribution in [3.05, 3.63) is 93.0 Å². The lowest BCUT2D eigenvalue weighted by Crippen LogP contribution is -2.53. The summed E-state index contributed by atoms with van der Waals surface area (Å²) in [5.41, 5.74) is 3.55. The summed E-state index contributed by atoms with van der Waals surface area (Å²) < 4.78 is 29.5. The highest BCUT2D eigenvalue weighted by molar-refractivity contribution is 7.92. The molecule has 1 atom stereocenters. The summed E-state index contributed by atoms with van der Waals surface area (Å²) in [5, 5.41) is 3.92. The van der Waals surface area contributed by atoms with Crippen LogP contribution in [-0.4, -0.2) is 43.8 Å². The van der Waals surface area contributed by atoms with E-state index >= 15 is 0 Å². The number of carbonyl (C=O) groups excluding carboxylic acids is 2. The standard InChI is InChI=1S/C33H39Cl2N3O4S/c1-5-30(33(40)36-27-10-6-7-11-27)37(20-25-15-16-26(34)19-29(25)35)32(39)21-38(31-12-8-9-23(3)24(31)4)43(41,42)28-17-13-22(2)14-18-28/h8-9,12-19,27,30H,5-7,10-11,20-21H2,1-4H3,(H,36,40)/t30-/m1/s1. The summed E-state index contributed by atoms with van der Waals surface area (Å²) in [6, 6.07) is 16.1. The topological polar surface area (TPSA) is 86.8 Å². The number of rotatable bonds is 11. The van der Waals surface area contributed by atoms with E-state index < -0.39 is 28.5 Å². The molecule has 0 spiro atoms. The van der Waals surface area contributed by atoms with Gasteiger partial charge in [-0.2, -0.15) is 0 Å². The summed E-state index contributed by atoms with van der Waals surface area (Å²) in [7, 11) is -4.15. The molecule has 7 nitrogen and oxygen atoms in total. The van der Waals surface area contributed by atoms with Crippen LogP contribution in [0, 0.1) is 20.8 Å². The van der Waals surface area contributed by atoms with E-state index in [-0.39, 0.29) is 23.4 Å². The smallest absolute Gasteiger partial charge is 0.264 e. The third-order valence-electron chi connectivity index (χ3n) is 8.18. The number of nitrogens with zero attached hydrogens (tertiary/aromatic N) is 2. The molecular weight excluding hydrogens is 605 g/mol. The summed E-state index contributed by atoms with van der Waals surface area (Å²) in [4.78, 5) is 29.5. The first-order valence-corrected chi connectivity index (χ1v) is 16.8. The van der Waals surface area contributed by atoms with E-state index in [0.29, 0.717) is 27.7 Å². The number of benzene rings is 3. The van der Waals surface area contributed by atoms with Crippen molar-refractivity contribution in [3.63, 3.8) is 0 Å². The molecule has 0 heterocycles. The predicted octanol–water partition coefficient (Wildman–Crippen LogP) is 6.98. The molecule has 1 N–H and O–H groups in total. The first-order chi connectivity index (χ1) is 20.4. The Morgan fingerprint density at radius 1 is 0.977 bits per heavy atom. The Balaban J connectivity index is 1.76. The fourth-order valence-electron chi connectivity index (χ4n) is 5.48. The van der Waals surface area contributed by atoms with Crippen LogP contribution in [-0.2, 0) is 26.2 Å². The van der Waals surface area contributed by atoms with E-state index in [9.17, 15) is 18.0 Å². The van der Waals surface area contributed by atoms with Gasteiger partial charge in [-0.3, -0.25) is 13.9 Å². The molecule has 1 fully saturated rings. The van der Waals surface area contributed by atoms with Crippen molar-refractivity contribution in [3.8, 4) is 0 Å². The maximum Gasteiger partial charge on any atom is 0.264 e. The Hall–Kier alpha value is -3.07. The monoisotopic (exact) mass is 643 g/mol. The van der Waals surface area contributed by atoms with Gasteiger partial charge in [0.15, 0.2) is 0 Å². The number of hydrogen-bond donors (Lipinski definition) is 1. The molecule has 0 saturated heterocycles. The number of amides is 2. The molecule has 3 aromatic carbocycles. The van der Waals surface area contributed by atoms with Gasteiger partial charge in [0.1, 0.15) is 12.6 Å². The predicted molar refractivity (Wildman–Crippen MR) is 173 cm³/mol. The molecule has 0 aromatic heterocycles. The lowest BCUT2D eigenvalue weighted by Gasteiger charge is -2.34. The second-order valence-electron chi connectivity index (χ2n) is 11.2. The highest BCUT2D eigenvalue weighted by atomic mass is 35.5. The molecule has 230 valence electrons. The molecule has 1 saturated carbocycles. The zero-order chi connectivity index (χ0) is 31.3. The minimum Gasteiger partial charge on any atom is -0.352 e. The summed E-state index contributed by atoms with van der Waals surface area (Å²) >= 11 is 12.7. The number of hydrogen-bond acceptors (Lipinski definition) is 4. The molecule has 1 aliphatic rings. The maximum atomic E-state index is 14.4. The molecule has 0 unspecified atom stereocenters. The molecule has 43 heavy (non-hydrogen) atoms. The first-order valence-electron chi connectivity index (χ1n) is 14.6. The van der Waals surface area contributed by atoms with Crippen molar-refractivity contribution < 1.29 is 18.0 Å². The fourth-order valence-corrected chi connectivity index (χ4v) is 7.42. The molecule has 0 radical (unpaired) electrons. The number of carbonyl (C=O) groups is 2. The third kappa shape index (κ3) is 7.72. The number of halogens is 2. The second-order valence-corrected chi connectivity index (χ2v) is 13.9. The lowest BCUT2D eigenvalue weighted by molar-refractivity contribution is -0.140. The third-order valence-corrected chi connectivity index (χ3v) is 10.5. The van der Waals surface area contributed by atoms with Gasteiger partial charge in [-0.05, 0) is 87.1 Å². The van der Waals surface area contributed by atoms with E-state index in [1.807, 2.05) is 33.8 Å². The number of aryl methyl sites for hydroxylation is 2. The minimum absolute atomic E-state index is 0.0106. The van der Waals surface area contributed by atoms with Crippen LogP contribution in [0.3, 0.4) is 0 Å². The Bertz CT molecular complexity index is 1570. The summed E-state index contributed by atoms with van der Waals surface area (Å²) in [6.07, 6.45) is 4.23. The molecule has 4 rings (SSSR count). The Kier molecular flexibility index (Phi) is 10.8. The molecule has 1 aliphatic carbocycles. The van der Waals surface area contributed by atoms with Crippen LogP contribution in [0.25, 0.3) is 0 Å². The largest absolute Gasteiger partial charge is 0.352 e. The average Bonchev–Trinajstić information content (AvgIpc) is 3.47. The highest BCUT2D eigenvalue weighted by Gasteiger charge is 2.35. The van der Waals surface area contributed by atoms with E-state index in [2.05, 4.69) is 5.32 Å². The first kappa shape index (κ1) is 32.8. The van der Waals surface area contributed by atoms with Gasteiger partial charge < -0.3 is 10.2 Å². The van der Waals surface area contributed by atoms with Gasteiger partial charge in [0.25, 0.3) is 10.0 Å². The highest BCUT2D eigenvalue weighted by Crippen LogP contribution is 2.30. The molecule has 3 aromatic rings. The molecule has 10 heteroatoms. The van der Waals surface area contributed by atoms with Crippen molar-refractivity contribution in [1.82, 2.24) is 10.2 Å². The Morgan fingerprint density at radius 2 is 1.65 bits per heavy atom. The van der Waals surface area contributed by atoms with E-state index in [1.165, 1.54) is 4.90 Å². The van der Waals surface area contributed by atoms with Crippen molar-refractivity contribution in [2.24, 2.45) is 0 Å². The summed E-state index contributed by atoms with van der Waals surface area (Å²) in [6.45, 7) is 6.96.